The van der Waals surface area contributed by atoms with E-state index in [1.165, 1.54) is 0 Å². The molecule has 2 aromatic rings. The van der Waals surface area contributed by atoms with Gasteiger partial charge in [-0.1, -0.05) is 30.3 Å². The van der Waals surface area contributed by atoms with Crippen molar-refractivity contribution in [3.05, 3.63) is 59.7 Å². The number of methoxy groups -OCH3 is 1. The van der Waals surface area contributed by atoms with Crippen LogP contribution in [0, 0.1) is 6.92 Å². The van der Waals surface area contributed by atoms with Crippen LogP contribution in [0.3, 0.4) is 0 Å². The highest BCUT2D eigenvalue weighted by atomic mass is 32.2. The molecule has 2 aromatic carbocycles. The minimum absolute atomic E-state index is 0.0955. The van der Waals surface area contributed by atoms with Crippen molar-refractivity contribution in [2.75, 3.05) is 20.3 Å². The monoisotopic (exact) mass is 375 g/mol. The van der Waals surface area contributed by atoms with Crippen LogP contribution in [0.15, 0.2) is 53.4 Å². The normalized spacial score (nSPS) is 14.6. The van der Waals surface area contributed by atoms with Crippen molar-refractivity contribution >= 4 is 10.0 Å². The molecule has 0 bridgehead atoms. The third-order valence-corrected chi connectivity index (χ3v) is 6.33. The van der Waals surface area contributed by atoms with Gasteiger partial charge in [-0.2, -0.15) is 4.31 Å². The molecule has 1 fully saturated rings. The Balaban J connectivity index is 1.82. The summed E-state index contributed by atoms with van der Waals surface area (Å²) >= 11 is 0. The van der Waals surface area contributed by atoms with Crippen LogP contribution in [0.1, 0.15) is 24.0 Å². The van der Waals surface area contributed by atoms with Gasteiger partial charge in [-0.3, -0.25) is 0 Å². The molecule has 140 valence electrons. The lowest BCUT2D eigenvalue weighted by atomic mass is 10.2. The van der Waals surface area contributed by atoms with E-state index in [-0.39, 0.29) is 6.04 Å². The van der Waals surface area contributed by atoms with Gasteiger partial charge in [-0.15, -0.1) is 0 Å². The Kier molecular flexibility index (Phi) is 5.96. The lowest BCUT2D eigenvalue weighted by Gasteiger charge is -2.22. The van der Waals surface area contributed by atoms with Gasteiger partial charge in [0.15, 0.2) is 0 Å². The van der Waals surface area contributed by atoms with E-state index < -0.39 is 10.0 Å². The molecule has 5 nitrogen and oxygen atoms in total. The number of nitrogens with zero attached hydrogens (tertiary/aromatic N) is 1. The lowest BCUT2D eigenvalue weighted by molar-refractivity contribution is 0.146. The smallest absolute Gasteiger partial charge is 0.243 e. The van der Waals surface area contributed by atoms with Crippen molar-refractivity contribution in [1.29, 1.82) is 0 Å². The average molecular weight is 375 g/mol. The summed E-state index contributed by atoms with van der Waals surface area (Å²) in [5.74, 6) is 0.682. The quantitative estimate of drug-likeness (QED) is 0.631. The fourth-order valence-corrected chi connectivity index (χ4v) is 4.61. The number of ether oxygens (including phenoxy) is 2. The summed E-state index contributed by atoms with van der Waals surface area (Å²) in [5.41, 5.74) is 1.80. The summed E-state index contributed by atoms with van der Waals surface area (Å²) in [6.07, 6.45) is 1.84. The molecule has 26 heavy (non-hydrogen) atoms. The first-order chi connectivity index (χ1) is 12.5. The second kappa shape index (κ2) is 8.20. The first-order valence-corrected chi connectivity index (χ1v) is 10.2. The maximum atomic E-state index is 13.2. The molecular formula is C20H25NO4S. The van der Waals surface area contributed by atoms with Crippen LogP contribution in [0.2, 0.25) is 0 Å². The van der Waals surface area contributed by atoms with Gasteiger partial charge in [0.1, 0.15) is 12.4 Å². The van der Waals surface area contributed by atoms with E-state index in [2.05, 4.69) is 0 Å². The topological polar surface area (TPSA) is 55.8 Å². The molecule has 1 saturated carbocycles. The van der Waals surface area contributed by atoms with Crippen LogP contribution < -0.4 is 4.74 Å². The zero-order valence-corrected chi connectivity index (χ0v) is 16.0. The van der Waals surface area contributed by atoms with Crippen molar-refractivity contribution < 1.29 is 17.9 Å². The number of rotatable bonds is 9. The molecule has 1 aliphatic carbocycles. The first-order valence-electron chi connectivity index (χ1n) is 8.80. The summed E-state index contributed by atoms with van der Waals surface area (Å²) in [7, 11) is -1.93. The predicted molar refractivity (Wildman–Crippen MR) is 101 cm³/mol. The number of benzene rings is 2. The highest BCUT2D eigenvalue weighted by Crippen LogP contribution is 2.34. The summed E-state index contributed by atoms with van der Waals surface area (Å²) in [6, 6.07) is 14.9. The van der Waals surface area contributed by atoms with Crippen LogP contribution in [-0.4, -0.2) is 39.1 Å². The number of hydrogen-bond acceptors (Lipinski definition) is 4. The van der Waals surface area contributed by atoms with Gasteiger partial charge in [0.25, 0.3) is 0 Å². The second-order valence-electron chi connectivity index (χ2n) is 6.54. The number of sulfonamides is 1. The molecule has 0 amide bonds. The van der Waals surface area contributed by atoms with Crippen molar-refractivity contribution in [3.63, 3.8) is 0 Å². The Hall–Kier alpha value is -1.89. The first kappa shape index (κ1) is 18.9. The molecule has 3 rings (SSSR count). The van der Waals surface area contributed by atoms with Crippen molar-refractivity contribution in [2.24, 2.45) is 0 Å². The average Bonchev–Trinajstić information content (AvgIpc) is 3.47. The minimum atomic E-state index is -3.55. The molecule has 0 radical (unpaired) electrons. The molecule has 0 heterocycles. The summed E-state index contributed by atoms with van der Waals surface area (Å²) < 4.78 is 38.6. The zero-order chi connectivity index (χ0) is 18.6. The van der Waals surface area contributed by atoms with Crippen molar-refractivity contribution in [2.45, 2.75) is 37.2 Å². The maximum Gasteiger partial charge on any atom is 0.243 e. The SMILES string of the molecule is COCCOc1ccc(S(=O)(=O)N(Cc2ccccc2)C2CC2)cc1C. The highest BCUT2D eigenvalue weighted by molar-refractivity contribution is 7.89. The Morgan fingerprint density at radius 2 is 1.81 bits per heavy atom. The van der Waals surface area contributed by atoms with Crippen LogP contribution >= 0.6 is 0 Å². The largest absolute Gasteiger partial charge is 0.491 e. The van der Waals surface area contributed by atoms with Gasteiger partial charge < -0.3 is 9.47 Å². The summed E-state index contributed by atoms with van der Waals surface area (Å²) in [5, 5.41) is 0. The van der Waals surface area contributed by atoms with Crippen LogP contribution in [0.4, 0.5) is 0 Å². The summed E-state index contributed by atoms with van der Waals surface area (Å²) in [6.45, 7) is 3.19. The third-order valence-electron chi connectivity index (χ3n) is 4.43. The van der Waals surface area contributed by atoms with E-state index in [0.29, 0.717) is 30.4 Å². The van der Waals surface area contributed by atoms with E-state index in [0.717, 1.165) is 24.0 Å². The lowest BCUT2D eigenvalue weighted by Crippen LogP contribution is -2.32. The van der Waals surface area contributed by atoms with Gasteiger partial charge in [-0.05, 0) is 49.1 Å². The number of aryl methyl sites for hydroxylation is 1. The Bertz CT molecular complexity index is 832. The predicted octanol–water partition coefficient (Wildman–Crippen LogP) is 3.37. The molecular weight excluding hydrogens is 350 g/mol. The Morgan fingerprint density at radius 3 is 2.42 bits per heavy atom. The molecule has 0 N–H and O–H groups in total. The van der Waals surface area contributed by atoms with E-state index in [4.69, 9.17) is 9.47 Å². The van der Waals surface area contributed by atoms with Crippen LogP contribution in [0.5, 0.6) is 5.75 Å². The summed E-state index contributed by atoms with van der Waals surface area (Å²) in [4.78, 5) is 0.317. The fourth-order valence-electron chi connectivity index (χ4n) is 2.85. The van der Waals surface area contributed by atoms with Crippen LogP contribution in [-0.2, 0) is 21.3 Å². The molecule has 0 aliphatic heterocycles. The molecule has 0 spiro atoms. The minimum Gasteiger partial charge on any atom is -0.491 e. The van der Waals surface area contributed by atoms with E-state index in [1.54, 1.807) is 29.6 Å². The zero-order valence-electron chi connectivity index (χ0n) is 15.2. The molecule has 6 heteroatoms. The van der Waals surface area contributed by atoms with Crippen molar-refractivity contribution in [1.82, 2.24) is 4.31 Å². The van der Waals surface area contributed by atoms with Gasteiger partial charge in [-0.25, -0.2) is 8.42 Å². The molecule has 0 atom stereocenters. The van der Waals surface area contributed by atoms with Gasteiger partial charge in [0.05, 0.1) is 11.5 Å². The Labute approximate surface area is 155 Å². The molecule has 0 aromatic heterocycles. The van der Waals surface area contributed by atoms with Gasteiger partial charge in [0.2, 0.25) is 10.0 Å². The van der Waals surface area contributed by atoms with Gasteiger partial charge >= 0.3 is 0 Å². The molecule has 0 unspecified atom stereocenters. The molecule has 1 aliphatic rings. The second-order valence-corrected chi connectivity index (χ2v) is 8.43. The fraction of sp³-hybridized carbons (Fsp3) is 0.400. The van der Waals surface area contributed by atoms with Crippen molar-refractivity contribution in [3.8, 4) is 5.75 Å². The van der Waals surface area contributed by atoms with Gasteiger partial charge in [0, 0.05) is 19.7 Å². The van der Waals surface area contributed by atoms with E-state index in [1.807, 2.05) is 37.3 Å². The molecule has 0 saturated heterocycles. The van der Waals surface area contributed by atoms with E-state index in [9.17, 15) is 8.42 Å². The van der Waals surface area contributed by atoms with E-state index >= 15 is 0 Å². The highest BCUT2D eigenvalue weighted by Gasteiger charge is 2.38. The maximum absolute atomic E-state index is 13.2. The number of hydrogen-bond donors (Lipinski definition) is 0. The Morgan fingerprint density at radius 1 is 1.08 bits per heavy atom. The standard InChI is InChI=1S/C20H25NO4S/c1-16-14-19(10-11-20(16)25-13-12-24-2)26(22,23)21(18-8-9-18)15-17-6-4-3-5-7-17/h3-7,10-11,14,18H,8-9,12-13,15H2,1-2H3. The van der Waals surface area contributed by atoms with Crippen LogP contribution in [0.25, 0.3) is 0 Å². The third kappa shape index (κ3) is 4.44.